The molecule has 1 N–H and O–H groups in total. The Morgan fingerprint density at radius 3 is 2.86 bits per heavy atom. The number of carbonyl (C=O) groups is 1. The molecule has 1 aromatic carbocycles. The van der Waals surface area contributed by atoms with Crippen LogP contribution in [0.5, 0.6) is 5.75 Å². The van der Waals surface area contributed by atoms with Crippen LogP contribution in [0.15, 0.2) is 30.5 Å². The van der Waals surface area contributed by atoms with E-state index in [-0.39, 0.29) is 5.91 Å². The normalized spacial score (nSPS) is 18.7. The first-order valence-corrected chi connectivity index (χ1v) is 10.2. The second-order valence-corrected chi connectivity index (χ2v) is 8.02. The molecule has 7 heteroatoms. The number of ether oxygens (including phenoxy) is 1. The van der Waals surface area contributed by atoms with E-state index in [2.05, 4.69) is 21.3 Å². The van der Waals surface area contributed by atoms with Crippen LogP contribution in [-0.4, -0.2) is 42.0 Å². The molecule has 0 bridgehead atoms. The molecule has 2 aliphatic rings. The third-order valence-corrected chi connectivity index (χ3v) is 6.38. The lowest BCUT2D eigenvalue weighted by Crippen LogP contribution is -2.42. The summed E-state index contributed by atoms with van der Waals surface area (Å²) in [6, 6.07) is 10.1. The number of nitriles is 1. The van der Waals surface area contributed by atoms with E-state index in [9.17, 15) is 10.1 Å². The highest BCUT2D eigenvalue weighted by atomic mass is 35.5. The van der Waals surface area contributed by atoms with E-state index in [1.54, 1.807) is 6.20 Å². The van der Waals surface area contributed by atoms with Crippen molar-refractivity contribution in [3.8, 4) is 11.8 Å². The Bertz CT molecular complexity index is 963. The quantitative estimate of drug-likeness (QED) is 0.840. The van der Waals surface area contributed by atoms with Gasteiger partial charge < -0.3 is 10.1 Å². The van der Waals surface area contributed by atoms with Crippen molar-refractivity contribution in [1.82, 2.24) is 15.2 Å². The van der Waals surface area contributed by atoms with Crippen LogP contribution in [0.4, 0.5) is 0 Å². The second kappa shape index (κ2) is 8.02. The van der Waals surface area contributed by atoms with Gasteiger partial charge in [-0.1, -0.05) is 17.7 Å². The Morgan fingerprint density at radius 2 is 2.17 bits per heavy atom. The number of likely N-dealkylation sites (tertiary alicyclic amines) is 1. The zero-order chi connectivity index (χ0) is 20.4. The molecule has 1 saturated heterocycles. The Morgan fingerprint density at radius 1 is 1.38 bits per heavy atom. The van der Waals surface area contributed by atoms with E-state index < -0.39 is 5.41 Å². The van der Waals surface area contributed by atoms with Crippen molar-refractivity contribution in [1.29, 1.82) is 5.26 Å². The number of rotatable bonds is 3. The summed E-state index contributed by atoms with van der Waals surface area (Å²) < 4.78 is 5.69. The van der Waals surface area contributed by atoms with Gasteiger partial charge in [-0.05, 0) is 49.1 Å². The maximum Gasteiger partial charge on any atom is 0.255 e. The fourth-order valence-corrected chi connectivity index (χ4v) is 4.35. The summed E-state index contributed by atoms with van der Waals surface area (Å²) >= 11 is 6.54. The summed E-state index contributed by atoms with van der Waals surface area (Å²) in [6.07, 6.45) is 3.19. The van der Waals surface area contributed by atoms with Gasteiger partial charge in [0.1, 0.15) is 12.0 Å². The first-order chi connectivity index (χ1) is 14.0. The summed E-state index contributed by atoms with van der Waals surface area (Å²) in [5.74, 6) is 0.318. The number of halogens is 1. The van der Waals surface area contributed by atoms with Gasteiger partial charge in [-0.15, -0.1) is 0 Å². The van der Waals surface area contributed by atoms with Crippen LogP contribution in [0.25, 0.3) is 0 Å². The number of pyridine rings is 1. The molecule has 0 saturated carbocycles. The Balaban J connectivity index is 1.54. The molecule has 1 aromatic heterocycles. The number of carbonyl (C=O) groups excluding carboxylic acids is 1. The number of benzene rings is 1. The van der Waals surface area contributed by atoms with Gasteiger partial charge in [0.05, 0.1) is 28.9 Å². The van der Waals surface area contributed by atoms with E-state index in [1.807, 2.05) is 31.2 Å². The molecule has 0 unspecified atom stereocenters. The minimum absolute atomic E-state index is 0.155. The lowest BCUT2D eigenvalue weighted by atomic mass is 9.76. The van der Waals surface area contributed by atoms with Crippen LogP contribution in [0.1, 0.15) is 40.0 Å². The largest absolute Gasteiger partial charge is 0.489 e. The molecule has 2 aliphatic heterocycles. The predicted molar refractivity (Wildman–Crippen MR) is 110 cm³/mol. The van der Waals surface area contributed by atoms with E-state index >= 15 is 0 Å². The molecule has 0 spiro atoms. The lowest BCUT2D eigenvalue weighted by Gasteiger charge is -2.37. The molecule has 150 valence electrons. The zero-order valence-corrected chi connectivity index (χ0v) is 17.1. The van der Waals surface area contributed by atoms with Crippen LogP contribution in [-0.2, 0) is 12.0 Å². The van der Waals surface area contributed by atoms with Crippen LogP contribution < -0.4 is 10.1 Å². The van der Waals surface area contributed by atoms with Crippen molar-refractivity contribution in [2.45, 2.75) is 31.7 Å². The van der Waals surface area contributed by atoms with Crippen LogP contribution >= 0.6 is 11.6 Å². The van der Waals surface area contributed by atoms with Crippen molar-refractivity contribution < 1.29 is 9.53 Å². The van der Waals surface area contributed by atoms with Gasteiger partial charge >= 0.3 is 0 Å². The molecule has 3 heterocycles. The van der Waals surface area contributed by atoms with Crippen LogP contribution in [0.2, 0.25) is 5.02 Å². The highest BCUT2D eigenvalue weighted by molar-refractivity contribution is 6.33. The zero-order valence-electron chi connectivity index (χ0n) is 16.4. The molecule has 0 aliphatic carbocycles. The minimum atomic E-state index is -0.536. The number of nitrogens with zero attached hydrogens (tertiary/aromatic N) is 3. The number of amides is 1. The lowest BCUT2D eigenvalue weighted by molar-refractivity contribution is 0.0957. The van der Waals surface area contributed by atoms with Crippen molar-refractivity contribution in [2.24, 2.45) is 0 Å². The first kappa shape index (κ1) is 19.7. The summed E-state index contributed by atoms with van der Waals surface area (Å²) in [5.41, 5.74) is 2.75. The van der Waals surface area contributed by atoms with Gasteiger partial charge in [0.2, 0.25) is 0 Å². The van der Waals surface area contributed by atoms with Crippen molar-refractivity contribution >= 4 is 17.5 Å². The fraction of sp³-hybridized carbons (Fsp3) is 0.409. The number of aromatic nitrogens is 1. The number of piperidine rings is 1. The molecule has 2 aromatic rings. The third-order valence-electron chi connectivity index (χ3n) is 5.92. The van der Waals surface area contributed by atoms with Crippen molar-refractivity contribution in [2.75, 3.05) is 26.2 Å². The molecule has 4 rings (SSSR count). The average Bonchev–Trinajstić information content (AvgIpc) is 2.94. The Hall–Kier alpha value is -2.62. The number of nitrogens with one attached hydrogen (secondary N) is 1. The van der Waals surface area contributed by atoms with Crippen molar-refractivity contribution in [3.63, 3.8) is 0 Å². The SMILES string of the molecule is Cc1c(CN2CCC(C#N)(c3ccccn3)CC2)cc2c(c1Cl)OCCNC2=O. The first-order valence-electron chi connectivity index (χ1n) is 9.82. The fourth-order valence-electron chi connectivity index (χ4n) is 4.07. The second-order valence-electron chi connectivity index (χ2n) is 7.64. The average molecular weight is 411 g/mol. The molecule has 29 heavy (non-hydrogen) atoms. The molecule has 0 radical (unpaired) electrons. The van der Waals surface area contributed by atoms with Gasteiger partial charge in [0.25, 0.3) is 5.91 Å². The molecule has 1 fully saturated rings. The maximum absolute atomic E-state index is 12.4. The smallest absolute Gasteiger partial charge is 0.255 e. The number of fused-ring (bicyclic) bond motifs is 1. The van der Waals surface area contributed by atoms with E-state index in [1.165, 1.54) is 0 Å². The molecule has 1 amide bonds. The van der Waals surface area contributed by atoms with E-state index in [0.29, 0.717) is 36.0 Å². The molecule has 0 atom stereocenters. The van der Waals surface area contributed by atoms with Gasteiger partial charge in [-0.25, -0.2) is 0 Å². The summed E-state index contributed by atoms with van der Waals surface area (Å²) in [7, 11) is 0. The van der Waals surface area contributed by atoms with Crippen molar-refractivity contribution in [3.05, 3.63) is 57.9 Å². The van der Waals surface area contributed by atoms with E-state index in [4.69, 9.17) is 16.3 Å². The molecular formula is C22H23ClN4O2. The van der Waals surface area contributed by atoms with Crippen LogP contribution in [0, 0.1) is 18.3 Å². The van der Waals surface area contributed by atoms with Gasteiger partial charge in [-0.2, -0.15) is 5.26 Å². The topological polar surface area (TPSA) is 78.2 Å². The van der Waals surface area contributed by atoms with Gasteiger partial charge in [0, 0.05) is 25.8 Å². The van der Waals surface area contributed by atoms with E-state index in [0.717, 1.165) is 42.8 Å². The number of hydrogen-bond donors (Lipinski definition) is 1. The predicted octanol–water partition coefficient (Wildman–Crippen LogP) is 3.22. The van der Waals surface area contributed by atoms with Crippen LogP contribution in [0.3, 0.4) is 0 Å². The summed E-state index contributed by atoms with van der Waals surface area (Å²) in [6.45, 7) is 5.07. The minimum Gasteiger partial charge on any atom is -0.489 e. The summed E-state index contributed by atoms with van der Waals surface area (Å²) in [5, 5.41) is 13.2. The Kier molecular flexibility index (Phi) is 5.44. The van der Waals surface area contributed by atoms with Gasteiger partial charge in [0.15, 0.2) is 5.75 Å². The third kappa shape index (κ3) is 3.68. The molecule has 6 nitrogen and oxygen atoms in total. The highest BCUT2D eigenvalue weighted by Gasteiger charge is 2.37. The van der Waals surface area contributed by atoms with Gasteiger partial charge in [-0.3, -0.25) is 14.7 Å². The standard InChI is InChI=1S/C22H23ClN4O2/c1-15-16(12-17-20(19(15)23)29-11-8-26-21(17)28)13-27-9-5-22(14-24,6-10-27)18-4-2-3-7-25-18/h2-4,7,12H,5-6,8-11,13H2,1H3,(H,26,28). The monoisotopic (exact) mass is 410 g/mol. The molecular weight excluding hydrogens is 388 g/mol. The maximum atomic E-state index is 12.4. The Labute approximate surface area is 175 Å². The highest BCUT2D eigenvalue weighted by Crippen LogP contribution is 2.37. The number of hydrogen-bond acceptors (Lipinski definition) is 5. The summed E-state index contributed by atoms with van der Waals surface area (Å²) in [4.78, 5) is 19.1.